The third-order valence-electron chi connectivity index (χ3n) is 3.12. The van der Waals surface area contributed by atoms with Crippen LogP contribution in [0.4, 0.5) is 0 Å². The minimum atomic E-state index is -1.37. The fourth-order valence-corrected chi connectivity index (χ4v) is 2.16. The molecule has 0 heterocycles. The Morgan fingerprint density at radius 2 is 1.86 bits per heavy atom. The fraction of sp³-hybridized carbons (Fsp3) is 0.375. The predicted octanol–water partition coefficient (Wildman–Crippen LogP) is -0.837. The second-order valence-corrected chi connectivity index (χ2v) is 4.62. The molecular formula is C16H17NO4-2. The smallest absolute Gasteiger partial charge is 0.0578 e. The molecule has 0 bridgehead atoms. The SMILES string of the molecule is C#CCN[C@@H]1CCc2ccccc21.O=C([O-])CCC(=O)[O-]. The number of hydrogen-bond acceptors (Lipinski definition) is 5. The lowest BCUT2D eigenvalue weighted by atomic mass is 10.1. The number of carboxylic acid groups (broad SMARTS) is 2. The Hall–Kier alpha value is -2.32. The van der Waals surface area contributed by atoms with Crippen LogP contribution in [0.1, 0.15) is 36.4 Å². The van der Waals surface area contributed by atoms with Gasteiger partial charge in [0.15, 0.2) is 0 Å². The minimum Gasteiger partial charge on any atom is -0.550 e. The zero-order valence-electron chi connectivity index (χ0n) is 11.6. The number of rotatable bonds is 5. The average Bonchev–Trinajstić information content (AvgIpc) is 2.87. The van der Waals surface area contributed by atoms with Crippen molar-refractivity contribution in [1.82, 2.24) is 5.32 Å². The van der Waals surface area contributed by atoms with Crippen LogP contribution in [0.25, 0.3) is 0 Å². The lowest BCUT2D eigenvalue weighted by Crippen LogP contribution is -2.27. The number of carboxylic acids is 2. The average molecular weight is 287 g/mol. The molecule has 1 atom stereocenters. The molecule has 1 aliphatic rings. The maximum atomic E-state index is 9.50. The van der Waals surface area contributed by atoms with E-state index in [0.29, 0.717) is 12.6 Å². The number of fused-ring (bicyclic) bond motifs is 1. The number of terminal acetylenes is 1. The fourth-order valence-electron chi connectivity index (χ4n) is 2.16. The molecule has 0 saturated carbocycles. The van der Waals surface area contributed by atoms with Crippen molar-refractivity contribution in [3.05, 3.63) is 35.4 Å². The first-order valence-corrected chi connectivity index (χ1v) is 6.69. The molecule has 0 aromatic heterocycles. The zero-order valence-corrected chi connectivity index (χ0v) is 11.6. The van der Waals surface area contributed by atoms with Crippen LogP contribution in [0.2, 0.25) is 0 Å². The number of hydrogen-bond donors (Lipinski definition) is 1. The maximum Gasteiger partial charge on any atom is 0.0578 e. The summed E-state index contributed by atoms with van der Waals surface area (Å²) in [6.07, 6.45) is 6.63. The van der Waals surface area contributed by atoms with E-state index >= 15 is 0 Å². The first kappa shape index (κ1) is 16.7. The summed E-state index contributed by atoms with van der Waals surface area (Å²) < 4.78 is 0. The molecule has 0 unspecified atom stereocenters. The van der Waals surface area contributed by atoms with Crippen LogP contribution < -0.4 is 15.5 Å². The van der Waals surface area contributed by atoms with E-state index < -0.39 is 24.8 Å². The summed E-state index contributed by atoms with van der Waals surface area (Å²) in [4.78, 5) is 19.0. The van der Waals surface area contributed by atoms with Gasteiger partial charge in [-0.3, -0.25) is 5.32 Å². The van der Waals surface area contributed by atoms with E-state index in [1.54, 1.807) is 0 Å². The Morgan fingerprint density at radius 1 is 1.24 bits per heavy atom. The molecular weight excluding hydrogens is 270 g/mol. The first-order valence-electron chi connectivity index (χ1n) is 6.69. The van der Waals surface area contributed by atoms with Crippen LogP contribution in [0, 0.1) is 12.3 Å². The van der Waals surface area contributed by atoms with E-state index in [1.807, 2.05) is 0 Å². The van der Waals surface area contributed by atoms with Crippen molar-refractivity contribution in [2.24, 2.45) is 0 Å². The Bertz CT molecular complexity index is 519. The predicted molar refractivity (Wildman–Crippen MR) is 73.6 cm³/mol. The molecule has 2 rings (SSSR count). The van der Waals surface area contributed by atoms with Crippen molar-refractivity contribution in [3.63, 3.8) is 0 Å². The maximum absolute atomic E-state index is 9.50. The molecule has 1 aromatic rings. The third kappa shape index (κ3) is 6.11. The summed E-state index contributed by atoms with van der Waals surface area (Å²) in [5.41, 5.74) is 2.90. The van der Waals surface area contributed by atoms with E-state index in [9.17, 15) is 19.8 Å². The van der Waals surface area contributed by atoms with E-state index in [-0.39, 0.29) is 0 Å². The Kier molecular flexibility index (Phi) is 6.99. The number of carbonyl (C=O) groups is 2. The molecule has 1 aromatic carbocycles. The molecule has 5 nitrogen and oxygen atoms in total. The molecule has 1 N–H and O–H groups in total. The van der Waals surface area contributed by atoms with Crippen LogP contribution in [0.5, 0.6) is 0 Å². The second kappa shape index (κ2) is 8.77. The van der Waals surface area contributed by atoms with Crippen LogP contribution in [-0.4, -0.2) is 18.5 Å². The molecule has 112 valence electrons. The van der Waals surface area contributed by atoms with Gasteiger partial charge in [0, 0.05) is 18.0 Å². The highest BCUT2D eigenvalue weighted by atomic mass is 16.4. The number of aryl methyl sites for hydroxylation is 1. The van der Waals surface area contributed by atoms with Gasteiger partial charge < -0.3 is 19.8 Å². The normalized spacial score (nSPS) is 15.3. The van der Waals surface area contributed by atoms with Crippen molar-refractivity contribution in [3.8, 4) is 12.3 Å². The Balaban J connectivity index is 0.000000240. The summed E-state index contributed by atoms with van der Waals surface area (Å²) in [7, 11) is 0. The van der Waals surface area contributed by atoms with Gasteiger partial charge in [-0.1, -0.05) is 30.2 Å². The molecule has 0 spiro atoms. The third-order valence-corrected chi connectivity index (χ3v) is 3.12. The molecule has 0 aliphatic heterocycles. The van der Waals surface area contributed by atoms with E-state index in [4.69, 9.17) is 6.42 Å². The van der Waals surface area contributed by atoms with Crippen LogP contribution in [-0.2, 0) is 16.0 Å². The quantitative estimate of drug-likeness (QED) is 0.713. The Labute approximate surface area is 124 Å². The van der Waals surface area contributed by atoms with Crippen molar-refractivity contribution in [2.75, 3.05) is 6.54 Å². The summed E-state index contributed by atoms with van der Waals surface area (Å²) >= 11 is 0. The summed E-state index contributed by atoms with van der Waals surface area (Å²) in [5, 5.41) is 22.4. The highest BCUT2D eigenvalue weighted by molar-refractivity contribution is 5.72. The molecule has 21 heavy (non-hydrogen) atoms. The highest BCUT2D eigenvalue weighted by Crippen LogP contribution is 2.30. The van der Waals surface area contributed by atoms with Crippen LogP contribution in [0.3, 0.4) is 0 Å². The van der Waals surface area contributed by atoms with Gasteiger partial charge in [-0.2, -0.15) is 0 Å². The molecule has 0 amide bonds. The van der Waals surface area contributed by atoms with Crippen molar-refractivity contribution >= 4 is 11.9 Å². The van der Waals surface area contributed by atoms with Gasteiger partial charge in [0.1, 0.15) is 0 Å². The van der Waals surface area contributed by atoms with E-state index in [1.165, 1.54) is 24.0 Å². The Morgan fingerprint density at radius 3 is 2.43 bits per heavy atom. The van der Waals surface area contributed by atoms with Gasteiger partial charge in [0.25, 0.3) is 0 Å². The second-order valence-electron chi connectivity index (χ2n) is 4.62. The number of carbonyl (C=O) groups excluding carboxylic acids is 2. The summed E-state index contributed by atoms with van der Waals surface area (Å²) in [6, 6.07) is 9.06. The first-order chi connectivity index (χ1) is 10.0. The van der Waals surface area contributed by atoms with Gasteiger partial charge >= 0.3 is 0 Å². The number of benzene rings is 1. The van der Waals surface area contributed by atoms with E-state index in [0.717, 1.165) is 0 Å². The number of nitrogens with one attached hydrogen (secondary N) is 1. The molecule has 0 fully saturated rings. The summed E-state index contributed by atoms with van der Waals surface area (Å²) in [5.74, 6) is -0.119. The topological polar surface area (TPSA) is 92.3 Å². The van der Waals surface area contributed by atoms with Gasteiger partial charge in [-0.05, 0) is 36.8 Å². The van der Waals surface area contributed by atoms with Crippen LogP contribution >= 0.6 is 0 Å². The van der Waals surface area contributed by atoms with Crippen molar-refractivity contribution < 1.29 is 19.8 Å². The number of aliphatic carboxylic acids is 2. The van der Waals surface area contributed by atoms with Gasteiger partial charge in [-0.25, -0.2) is 0 Å². The van der Waals surface area contributed by atoms with Crippen molar-refractivity contribution in [2.45, 2.75) is 31.7 Å². The van der Waals surface area contributed by atoms with Gasteiger partial charge in [0.2, 0.25) is 0 Å². The molecule has 0 radical (unpaired) electrons. The summed E-state index contributed by atoms with van der Waals surface area (Å²) in [6.45, 7) is 0.666. The molecule has 5 heteroatoms. The lowest BCUT2D eigenvalue weighted by molar-refractivity contribution is -0.315. The minimum absolute atomic E-state index is 0.470. The molecule has 0 saturated heterocycles. The van der Waals surface area contributed by atoms with Crippen molar-refractivity contribution in [1.29, 1.82) is 0 Å². The van der Waals surface area contributed by atoms with Gasteiger partial charge in [0.05, 0.1) is 6.54 Å². The zero-order chi connectivity index (χ0) is 15.7. The van der Waals surface area contributed by atoms with Crippen LogP contribution in [0.15, 0.2) is 24.3 Å². The highest BCUT2D eigenvalue weighted by Gasteiger charge is 2.20. The molecule has 1 aliphatic carbocycles. The monoisotopic (exact) mass is 287 g/mol. The largest absolute Gasteiger partial charge is 0.550 e. The van der Waals surface area contributed by atoms with Gasteiger partial charge in [-0.15, -0.1) is 6.42 Å². The van der Waals surface area contributed by atoms with E-state index in [2.05, 4.69) is 35.5 Å². The lowest BCUT2D eigenvalue weighted by Gasteiger charge is -2.10. The standard InChI is InChI=1S/C12H13N.C4H6O4/c1-2-9-13-12-8-7-10-5-3-4-6-11(10)12;5-3(6)1-2-4(7)8/h1,3-6,12-13H,7-9H2;1-2H2,(H,5,6)(H,7,8)/p-2/t12-;/m1./s1.